The van der Waals surface area contributed by atoms with Crippen molar-refractivity contribution < 1.29 is 0 Å². The van der Waals surface area contributed by atoms with Crippen molar-refractivity contribution in [1.29, 1.82) is 0 Å². The van der Waals surface area contributed by atoms with Crippen LogP contribution in [0.1, 0.15) is 24.6 Å². The molecule has 1 aromatic carbocycles. The normalized spacial score (nSPS) is 14.9. The van der Waals surface area contributed by atoms with Crippen molar-refractivity contribution in [2.24, 2.45) is 0 Å². The maximum atomic E-state index is 4.23. The lowest BCUT2D eigenvalue weighted by molar-refractivity contribution is 0.701. The van der Waals surface area contributed by atoms with Crippen molar-refractivity contribution in [1.82, 2.24) is 9.55 Å². The van der Waals surface area contributed by atoms with Gasteiger partial charge in [-0.3, -0.25) is 0 Å². The standard InChI is InChI=1S/C13H14BrN3/c14-10-2-1-3-11(6-10)16-8-13-7-15-9-17(13)12-4-5-12/h1-3,6-7,9,12,16H,4-5,8H2. The molecule has 1 aliphatic rings. The lowest BCUT2D eigenvalue weighted by Gasteiger charge is -2.09. The number of benzene rings is 1. The quantitative estimate of drug-likeness (QED) is 0.933. The fourth-order valence-corrected chi connectivity index (χ4v) is 2.34. The molecule has 2 aromatic rings. The van der Waals surface area contributed by atoms with Gasteiger partial charge < -0.3 is 9.88 Å². The Balaban J connectivity index is 1.69. The third-order valence-corrected chi connectivity index (χ3v) is 3.48. The topological polar surface area (TPSA) is 29.9 Å². The second-order valence-electron chi connectivity index (χ2n) is 4.39. The van der Waals surface area contributed by atoms with Gasteiger partial charge in [0.15, 0.2) is 0 Å². The Morgan fingerprint density at radius 1 is 1.41 bits per heavy atom. The van der Waals surface area contributed by atoms with E-state index in [2.05, 4.69) is 42.9 Å². The molecule has 0 atom stereocenters. The first-order valence-electron chi connectivity index (χ1n) is 5.83. The summed E-state index contributed by atoms with van der Waals surface area (Å²) in [4.78, 5) is 4.23. The molecule has 3 rings (SSSR count). The van der Waals surface area contributed by atoms with E-state index in [1.165, 1.54) is 18.5 Å². The van der Waals surface area contributed by atoms with Crippen molar-refractivity contribution in [3.05, 3.63) is 47.0 Å². The van der Waals surface area contributed by atoms with Gasteiger partial charge in [0, 0.05) is 22.4 Å². The summed E-state index contributed by atoms with van der Waals surface area (Å²) in [5.74, 6) is 0. The van der Waals surface area contributed by atoms with Gasteiger partial charge in [0.25, 0.3) is 0 Å². The summed E-state index contributed by atoms with van der Waals surface area (Å²) >= 11 is 3.47. The summed E-state index contributed by atoms with van der Waals surface area (Å²) < 4.78 is 3.38. The minimum atomic E-state index is 0.691. The maximum absolute atomic E-state index is 4.23. The van der Waals surface area contributed by atoms with Crippen molar-refractivity contribution in [2.45, 2.75) is 25.4 Å². The second kappa shape index (κ2) is 4.53. The highest BCUT2D eigenvalue weighted by atomic mass is 79.9. The predicted molar refractivity (Wildman–Crippen MR) is 72.0 cm³/mol. The summed E-state index contributed by atoms with van der Waals surface area (Å²) in [6, 6.07) is 8.90. The van der Waals surface area contributed by atoms with Crippen LogP contribution < -0.4 is 5.32 Å². The van der Waals surface area contributed by atoms with E-state index in [9.17, 15) is 0 Å². The first kappa shape index (κ1) is 10.8. The van der Waals surface area contributed by atoms with E-state index in [-0.39, 0.29) is 0 Å². The molecule has 0 radical (unpaired) electrons. The number of halogens is 1. The summed E-state index contributed by atoms with van der Waals surface area (Å²) in [6.45, 7) is 0.826. The highest BCUT2D eigenvalue weighted by Gasteiger charge is 2.24. The molecule has 1 heterocycles. The number of aromatic nitrogens is 2. The van der Waals surface area contributed by atoms with Crippen LogP contribution in [0, 0.1) is 0 Å². The van der Waals surface area contributed by atoms with Crippen LogP contribution in [-0.4, -0.2) is 9.55 Å². The number of hydrogen-bond acceptors (Lipinski definition) is 2. The van der Waals surface area contributed by atoms with Gasteiger partial charge in [-0.25, -0.2) is 4.98 Å². The van der Waals surface area contributed by atoms with Crippen LogP contribution in [0.5, 0.6) is 0 Å². The number of nitrogens with zero attached hydrogens (tertiary/aromatic N) is 2. The number of anilines is 1. The molecule has 0 bridgehead atoms. The molecule has 1 aromatic heterocycles. The van der Waals surface area contributed by atoms with Crippen LogP contribution in [0.3, 0.4) is 0 Å². The molecule has 88 valence electrons. The maximum Gasteiger partial charge on any atom is 0.0951 e. The van der Waals surface area contributed by atoms with E-state index in [0.29, 0.717) is 6.04 Å². The van der Waals surface area contributed by atoms with Gasteiger partial charge in [-0.1, -0.05) is 22.0 Å². The predicted octanol–water partition coefficient (Wildman–Crippen LogP) is 3.59. The van der Waals surface area contributed by atoms with Crippen molar-refractivity contribution >= 4 is 21.6 Å². The number of rotatable bonds is 4. The first-order chi connectivity index (χ1) is 8.33. The van der Waals surface area contributed by atoms with Crippen LogP contribution in [0.15, 0.2) is 41.3 Å². The van der Waals surface area contributed by atoms with E-state index in [1.807, 2.05) is 24.7 Å². The lowest BCUT2D eigenvalue weighted by atomic mass is 10.3. The minimum absolute atomic E-state index is 0.691. The summed E-state index contributed by atoms with van der Waals surface area (Å²) in [5, 5.41) is 3.42. The molecule has 1 fully saturated rings. The largest absolute Gasteiger partial charge is 0.379 e. The molecule has 0 unspecified atom stereocenters. The van der Waals surface area contributed by atoms with Gasteiger partial charge in [0.1, 0.15) is 0 Å². The molecular weight excluding hydrogens is 278 g/mol. The molecule has 0 aliphatic heterocycles. The molecule has 1 N–H and O–H groups in total. The minimum Gasteiger partial charge on any atom is -0.379 e. The third-order valence-electron chi connectivity index (χ3n) is 2.98. The summed E-state index contributed by atoms with van der Waals surface area (Å²) in [7, 11) is 0. The fourth-order valence-electron chi connectivity index (χ4n) is 1.94. The summed E-state index contributed by atoms with van der Waals surface area (Å²) in [6.07, 6.45) is 6.47. The molecule has 17 heavy (non-hydrogen) atoms. The van der Waals surface area contributed by atoms with Gasteiger partial charge in [-0.2, -0.15) is 0 Å². The Hall–Kier alpha value is -1.29. The molecule has 0 saturated heterocycles. The Labute approximate surface area is 109 Å². The van der Waals surface area contributed by atoms with Crippen molar-refractivity contribution in [2.75, 3.05) is 5.32 Å². The van der Waals surface area contributed by atoms with Gasteiger partial charge in [-0.15, -0.1) is 0 Å². The number of hydrogen-bond donors (Lipinski definition) is 1. The van der Waals surface area contributed by atoms with E-state index >= 15 is 0 Å². The van der Waals surface area contributed by atoms with Gasteiger partial charge in [-0.05, 0) is 31.0 Å². The number of imidazole rings is 1. The summed E-state index contributed by atoms with van der Waals surface area (Å²) in [5.41, 5.74) is 2.38. The molecular formula is C13H14BrN3. The van der Waals surface area contributed by atoms with Crippen LogP contribution >= 0.6 is 15.9 Å². The third kappa shape index (κ3) is 2.52. The van der Waals surface area contributed by atoms with Gasteiger partial charge in [0.2, 0.25) is 0 Å². The Morgan fingerprint density at radius 3 is 3.06 bits per heavy atom. The van der Waals surface area contributed by atoms with Gasteiger partial charge in [0.05, 0.1) is 18.6 Å². The van der Waals surface area contributed by atoms with E-state index in [4.69, 9.17) is 0 Å². The smallest absolute Gasteiger partial charge is 0.0951 e. The second-order valence-corrected chi connectivity index (χ2v) is 5.30. The molecule has 0 amide bonds. The van der Waals surface area contributed by atoms with Crippen molar-refractivity contribution in [3.8, 4) is 0 Å². The van der Waals surface area contributed by atoms with E-state index < -0.39 is 0 Å². The van der Waals surface area contributed by atoms with Gasteiger partial charge >= 0.3 is 0 Å². The average molecular weight is 292 g/mol. The fraction of sp³-hybridized carbons (Fsp3) is 0.308. The molecule has 0 spiro atoms. The molecule has 1 saturated carbocycles. The molecule has 1 aliphatic carbocycles. The lowest BCUT2D eigenvalue weighted by Crippen LogP contribution is -2.05. The first-order valence-corrected chi connectivity index (χ1v) is 6.62. The van der Waals surface area contributed by atoms with E-state index in [1.54, 1.807) is 0 Å². The molecule has 4 heteroatoms. The zero-order valence-electron chi connectivity index (χ0n) is 9.44. The monoisotopic (exact) mass is 291 g/mol. The van der Waals surface area contributed by atoms with E-state index in [0.717, 1.165) is 16.7 Å². The molecule has 3 nitrogen and oxygen atoms in total. The Bertz CT molecular complexity index is 517. The number of nitrogens with one attached hydrogen (secondary N) is 1. The van der Waals surface area contributed by atoms with Crippen LogP contribution in [0.25, 0.3) is 0 Å². The van der Waals surface area contributed by atoms with Crippen LogP contribution in [-0.2, 0) is 6.54 Å². The Morgan fingerprint density at radius 2 is 2.29 bits per heavy atom. The Kier molecular flexibility index (Phi) is 2.89. The highest BCUT2D eigenvalue weighted by molar-refractivity contribution is 9.10. The zero-order valence-corrected chi connectivity index (χ0v) is 11.0. The average Bonchev–Trinajstić information content (AvgIpc) is 3.06. The highest BCUT2D eigenvalue weighted by Crippen LogP contribution is 2.35. The SMILES string of the molecule is Brc1cccc(NCc2cncn2C2CC2)c1. The van der Waals surface area contributed by atoms with Crippen LogP contribution in [0.4, 0.5) is 5.69 Å². The van der Waals surface area contributed by atoms with Crippen LogP contribution in [0.2, 0.25) is 0 Å². The zero-order chi connectivity index (χ0) is 11.7. The van der Waals surface area contributed by atoms with Crippen molar-refractivity contribution in [3.63, 3.8) is 0 Å².